The molecule has 1 aromatic heterocycles. The molecular formula is C13H10F2O2. The number of carbonyl (C=O) groups excluding carboxylic acids is 1. The van der Waals surface area contributed by atoms with Crippen LogP contribution >= 0.6 is 0 Å². The van der Waals surface area contributed by atoms with Crippen LogP contribution in [0, 0.1) is 11.6 Å². The van der Waals surface area contributed by atoms with Crippen molar-refractivity contribution in [2.75, 3.05) is 0 Å². The summed E-state index contributed by atoms with van der Waals surface area (Å²) in [6.45, 7) is 1.87. The van der Waals surface area contributed by atoms with Crippen LogP contribution in [0.25, 0.3) is 0 Å². The van der Waals surface area contributed by atoms with Crippen molar-refractivity contribution < 1.29 is 18.0 Å². The first-order valence-electron chi connectivity index (χ1n) is 5.21. The van der Waals surface area contributed by atoms with E-state index in [0.29, 0.717) is 12.2 Å². The van der Waals surface area contributed by atoms with Crippen LogP contribution in [0.4, 0.5) is 8.78 Å². The molecule has 17 heavy (non-hydrogen) atoms. The largest absolute Gasteiger partial charge is 0.458 e. The van der Waals surface area contributed by atoms with Crippen molar-refractivity contribution in [3.8, 4) is 0 Å². The van der Waals surface area contributed by atoms with E-state index in [-0.39, 0.29) is 11.3 Å². The summed E-state index contributed by atoms with van der Waals surface area (Å²) in [5, 5.41) is 0. The average Bonchev–Trinajstić information content (AvgIpc) is 2.80. The first-order chi connectivity index (χ1) is 8.13. The second kappa shape index (κ2) is 4.49. The summed E-state index contributed by atoms with van der Waals surface area (Å²) in [4.78, 5) is 11.8. The molecule has 88 valence electrons. The molecule has 0 spiro atoms. The lowest BCUT2D eigenvalue weighted by molar-refractivity contribution is 0.100. The minimum atomic E-state index is -1.15. The fourth-order valence-electron chi connectivity index (χ4n) is 1.50. The molecule has 0 aliphatic rings. The third-order valence-electron chi connectivity index (χ3n) is 2.43. The van der Waals surface area contributed by atoms with E-state index in [9.17, 15) is 13.6 Å². The molecule has 0 saturated heterocycles. The van der Waals surface area contributed by atoms with Crippen molar-refractivity contribution in [2.45, 2.75) is 13.3 Å². The zero-order chi connectivity index (χ0) is 12.4. The highest BCUT2D eigenvalue weighted by molar-refractivity contribution is 6.07. The van der Waals surface area contributed by atoms with Crippen LogP contribution in [0.1, 0.15) is 28.8 Å². The van der Waals surface area contributed by atoms with Gasteiger partial charge in [-0.2, -0.15) is 0 Å². The Kier molecular flexibility index (Phi) is 3.04. The topological polar surface area (TPSA) is 30.2 Å². The monoisotopic (exact) mass is 236 g/mol. The summed E-state index contributed by atoms with van der Waals surface area (Å²) in [5.74, 6) is -2.19. The number of halogens is 2. The Labute approximate surface area is 96.9 Å². The third kappa shape index (κ3) is 2.11. The first kappa shape index (κ1) is 11.5. The number of benzene rings is 1. The van der Waals surface area contributed by atoms with Gasteiger partial charge in [-0.3, -0.25) is 4.79 Å². The lowest BCUT2D eigenvalue weighted by Crippen LogP contribution is -2.04. The van der Waals surface area contributed by atoms with E-state index in [0.717, 1.165) is 6.07 Å². The Morgan fingerprint density at radius 2 is 2.00 bits per heavy atom. The number of hydrogen-bond donors (Lipinski definition) is 0. The van der Waals surface area contributed by atoms with Gasteiger partial charge in [0.1, 0.15) is 5.76 Å². The van der Waals surface area contributed by atoms with E-state index in [1.54, 1.807) is 6.07 Å². The van der Waals surface area contributed by atoms with E-state index in [2.05, 4.69) is 0 Å². The highest BCUT2D eigenvalue weighted by Gasteiger charge is 2.19. The number of carbonyl (C=O) groups is 1. The van der Waals surface area contributed by atoms with Gasteiger partial charge in [0.05, 0.1) is 5.56 Å². The van der Waals surface area contributed by atoms with Gasteiger partial charge in [0.15, 0.2) is 17.4 Å². The third-order valence-corrected chi connectivity index (χ3v) is 2.43. The second-order valence-electron chi connectivity index (χ2n) is 3.55. The van der Waals surface area contributed by atoms with Crippen LogP contribution in [0.5, 0.6) is 0 Å². The van der Waals surface area contributed by atoms with Crippen molar-refractivity contribution in [1.82, 2.24) is 0 Å². The number of furan rings is 1. The zero-order valence-corrected chi connectivity index (χ0v) is 9.17. The lowest BCUT2D eigenvalue weighted by atomic mass is 10.1. The van der Waals surface area contributed by atoms with Crippen LogP contribution < -0.4 is 0 Å². The molecule has 0 aliphatic carbocycles. The molecule has 0 saturated carbocycles. The second-order valence-corrected chi connectivity index (χ2v) is 3.55. The van der Waals surface area contributed by atoms with E-state index < -0.39 is 17.4 Å². The maximum absolute atomic E-state index is 13.4. The standard InChI is InChI=1S/C13H10F2O2/c1-2-8-6-7-11(17-8)13(16)9-4-3-5-10(14)12(9)15/h3-7H,2H2,1H3. The van der Waals surface area contributed by atoms with Crippen LogP contribution in [-0.2, 0) is 6.42 Å². The smallest absolute Gasteiger partial charge is 0.231 e. The zero-order valence-electron chi connectivity index (χ0n) is 9.17. The molecule has 0 atom stereocenters. The van der Waals surface area contributed by atoms with Crippen LogP contribution in [-0.4, -0.2) is 5.78 Å². The highest BCUT2D eigenvalue weighted by atomic mass is 19.2. The summed E-state index contributed by atoms with van der Waals surface area (Å²) in [6, 6.07) is 6.59. The van der Waals surface area contributed by atoms with Gasteiger partial charge < -0.3 is 4.42 Å². The average molecular weight is 236 g/mol. The Hall–Kier alpha value is -1.97. The minimum absolute atomic E-state index is 0.0198. The van der Waals surface area contributed by atoms with Crippen LogP contribution in [0.15, 0.2) is 34.7 Å². The minimum Gasteiger partial charge on any atom is -0.458 e. The maximum atomic E-state index is 13.4. The van der Waals surface area contributed by atoms with Crippen LogP contribution in [0.2, 0.25) is 0 Å². The summed E-state index contributed by atoms with van der Waals surface area (Å²) in [5.41, 5.74) is -0.318. The van der Waals surface area contributed by atoms with E-state index in [1.807, 2.05) is 6.92 Å². The van der Waals surface area contributed by atoms with Crippen molar-refractivity contribution in [2.24, 2.45) is 0 Å². The quantitative estimate of drug-likeness (QED) is 0.765. The normalized spacial score (nSPS) is 10.5. The van der Waals surface area contributed by atoms with Gasteiger partial charge >= 0.3 is 0 Å². The Bertz CT molecular complexity index is 558. The van der Waals surface area contributed by atoms with Gasteiger partial charge in [-0.15, -0.1) is 0 Å². The number of ketones is 1. The molecule has 0 aliphatic heterocycles. The Balaban J connectivity index is 2.40. The Morgan fingerprint density at radius 3 is 2.65 bits per heavy atom. The molecule has 1 heterocycles. The molecular weight excluding hydrogens is 226 g/mol. The van der Waals surface area contributed by atoms with Crippen molar-refractivity contribution in [3.63, 3.8) is 0 Å². The SMILES string of the molecule is CCc1ccc(C(=O)c2cccc(F)c2F)o1. The summed E-state index contributed by atoms with van der Waals surface area (Å²) in [6.07, 6.45) is 0.638. The molecule has 0 amide bonds. The van der Waals surface area contributed by atoms with Gasteiger partial charge in [-0.05, 0) is 24.3 Å². The van der Waals surface area contributed by atoms with Gasteiger partial charge in [-0.25, -0.2) is 8.78 Å². The van der Waals surface area contributed by atoms with Gasteiger partial charge in [0, 0.05) is 6.42 Å². The summed E-state index contributed by atoms with van der Waals surface area (Å²) in [7, 11) is 0. The molecule has 2 nitrogen and oxygen atoms in total. The molecule has 0 radical (unpaired) electrons. The van der Waals surface area contributed by atoms with Crippen molar-refractivity contribution in [3.05, 3.63) is 59.1 Å². The molecule has 2 aromatic rings. The number of aryl methyl sites for hydroxylation is 1. The fraction of sp³-hybridized carbons (Fsp3) is 0.154. The molecule has 0 N–H and O–H groups in total. The fourth-order valence-corrected chi connectivity index (χ4v) is 1.50. The Morgan fingerprint density at radius 1 is 1.24 bits per heavy atom. The number of hydrogen-bond acceptors (Lipinski definition) is 2. The van der Waals surface area contributed by atoms with Crippen molar-refractivity contribution >= 4 is 5.78 Å². The molecule has 2 rings (SSSR count). The maximum Gasteiger partial charge on any atom is 0.231 e. The molecule has 4 heteroatoms. The van der Waals surface area contributed by atoms with Gasteiger partial charge in [-0.1, -0.05) is 13.0 Å². The van der Waals surface area contributed by atoms with E-state index in [4.69, 9.17) is 4.42 Å². The predicted octanol–water partition coefficient (Wildman–Crippen LogP) is 3.35. The van der Waals surface area contributed by atoms with Gasteiger partial charge in [0.25, 0.3) is 0 Å². The first-order valence-corrected chi connectivity index (χ1v) is 5.21. The predicted molar refractivity (Wildman–Crippen MR) is 57.9 cm³/mol. The van der Waals surface area contributed by atoms with Crippen molar-refractivity contribution in [1.29, 1.82) is 0 Å². The van der Waals surface area contributed by atoms with E-state index >= 15 is 0 Å². The van der Waals surface area contributed by atoms with E-state index in [1.165, 1.54) is 18.2 Å². The van der Waals surface area contributed by atoms with Gasteiger partial charge in [0.2, 0.25) is 5.78 Å². The van der Waals surface area contributed by atoms with Crippen LogP contribution in [0.3, 0.4) is 0 Å². The summed E-state index contributed by atoms with van der Waals surface area (Å²) >= 11 is 0. The number of rotatable bonds is 3. The molecule has 1 aromatic carbocycles. The molecule has 0 unspecified atom stereocenters. The molecule has 0 fully saturated rings. The lowest BCUT2D eigenvalue weighted by Gasteiger charge is -2.00. The molecule has 0 bridgehead atoms. The highest BCUT2D eigenvalue weighted by Crippen LogP contribution is 2.18. The summed E-state index contributed by atoms with van der Waals surface area (Å²) < 4.78 is 31.6.